The van der Waals surface area contributed by atoms with Crippen LogP contribution in [0.5, 0.6) is 0 Å². The molecule has 0 aromatic carbocycles. The average molecular weight is 222 g/mol. The Morgan fingerprint density at radius 1 is 1.20 bits per heavy atom. The highest BCUT2D eigenvalue weighted by atomic mass is 28.3. The summed E-state index contributed by atoms with van der Waals surface area (Å²) in [7, 11) is 0.458. The molecule has 0 aliphatic heterocycles. The first-order valence-electron chi connectivity index (χ1n) is 5.59. The standard InChI is InChI=1S/C13H22OSi/c1-11(2)15(4,5)13-10-8-6-7-9-12(13)14-3/h6-11,13H,1-5H3. The van der Waals surface area contributed by atoms with Crippen molar-refractivity contribution in [3.05, 3.63) is 36.1 Å². The normalized spacial score (nSPS) is 21.5. The lowest BCUT2D eigenvalue weighted by Gasteiger charge is -2.34. The molecule has 0 bridgehead atoms. The maximum atomic E-state index is 5.51. The van der Waals surface area contributed by atoms with Crippen LogP contribution in [0.3, 0.4) is 0 Å². The fraction of sp³-hybridized carbons (Fsp3) is 0.538. The van der Waals surface area contributed by atoms with Crippen molar-refractivity contribution in [2.75, 3.05) is 7.11 Å². The van der Waals surface area contributed by atoms with E-state index in [4.69, 9.17) is 4.74 Å². The second-order valence-corrected chi connectivity index (χ2v) is 10.4. The first-order chi connectivity index (χ1) is 7.00. The smallest absolute Gasteiger partial charge is 0.0996 e. The predicted octanol–water partition coefficient (Wildman–Crippen LogP) is 4.13. The average Bonchev–Trinajstić information content (AvgIpc) is 2.41. The Kier molecular flexibility index (Phi) is 3.97. The number of ether oxygens (including phenoxy) is 1. The highest BCUT2D eigenvalue weighted by Crippen LogP contribution is 2.39. The minimum Gasteiger partial charge on any atom is -0.501 e. The van der Waals surface area contributed by atoms with Gasteiger partial charge in [-0.1, -0.05) is 56.8 Å². The fourth-order valence-corrected chi connectivity index (χ4v) is 4.03. The summed E-state index contributed by atoms with van der Waals surface area (Å²) in [4.78, 5) is 0. The third kappa shape index (κ3) is 2.62. The first-order valence-corrected chi connectivity index (χ1v) is 8.74. The molecule has 0 N–H and O–H groups in total. The van der Waals surface area contributed by atoms with Crippen molar-refractivity contribution < 1.29 is 4.74 Å². The minimum atomic E-state index is -1.32. The molecule has 0 saturated carbocycles. The summed E-state index contributed by atoms with van der Waals surface area (Å²) in [5.74, 6) is 1.12. The SMILES string of the molecule is COC1=CC=CC=CC1[Si](C)(C)C(C)C. The van der Waals surface area contributed by atoms with Crippen LogP contribution in [0.4, 0.5) is 0 Å². The van der Waals surface area contributed by atoms with Gasteiger partial charge in [0.1, 0.15) is 0 Å². The Labute approximate surface area is 94.5 Å². The van der Waals surface area contributed by atoms with Crippen molar-refractivity contribution >= 4 is 8.07 Å². The van der Waals surface area contributed by atoms with E-state index in [1.807, 2.05) is 0 Å². The van der Waals surface area contributed by atoms with Gasteiger partial charge >= 0.3 is 0 Å². The molecule has 84 valence electrons. The van der Waals surface area contributed by atoms with Crippen LogP contribution in [-0.4, -0.2) is 15.2 Å². The molecular formula is C13H22OSi. The molecular weight excluding hydrogens is 200 g/mol. The summed E-state index contributed by atoms with van der Waals surface area (Å²) in [6.45, 7) is 9.52. The molecule has 1 rings (SSSR count). The van der Waals surface area contributed by atoms with Gasteiger partial charge in [-0.25, -0.2) is 0 Å². The van der Waals surface area contributed by atoms with Crippen molar-refractivity contribution in [3.63, 3.8) is 0 Å². The van der Waals surface area contributed by atoms with Gasteiger partial charge in [0.05, 0.1) is 20.9 Å². The van der Waals surface area contributed by atoms with E-state index in [9.17, 15) is 0 Å². The second kappa shape index (κ2) is 4.84. The molecule has 1 aliphatic rings. The van der Waals surface area contributed by atoms with Crippen LogP contribution in [-0.2, 0) is 4.74 Å². The van der Waals surface area contributed by atoms with E-state index < -0.39 is 8.07 Å². The van der Waals surface area contributed by atoms with Crippen LogP contribution in [0, 0.1) is 0 Å². The van der Waals surface area contributed by atoms with Gasteiger partial charge in [0.25, 0.3) is 0 Å². The molecule has 1 nitrogen and oxygen atoms in total. The van der Waals surface area contributed by atoms with Crippen LogP contribution in [0.1, 0.15) is 13.8 Å². The van der Waals surface area contributed by atoms with Gasteiger partial charge in [-0.15, -0.1) is 0 Å². The molecule has 0 fully saturated rings. The van der Waals surface area contributed by atoms with Crippen LogP contribution in [0.15, 0.2) is 36.1 Å². The molecule has 0 aromatic heterocycles. The van der Waals surface area contributed by atoms with E-state index in [0.717, 1.165) is 11.3 Å². The number of rotatable bonds is 3. The molecule has 0 spiro atoms. The lowest BCUT2D eigenvalue weighted by atomic mass is 10.3. The lowest BCUT2D eigenvalue weighted by molar-refractivity contribution is 0.283. The highest BCUT2D eigenvalue weighted by Gasteiger charge is 2.36. The van der Waals surface area contributed by atoms with Gasteiger partial charge in [-0.2, -0.15) is 0 Å². The van der Waals surface area contributed by atoms with Crippen LogP contribution in [0.25, 0.3) is 0 Å². The molecule has 0 aromatic rings. The quantitative estimate of drug-likeness (QED) is 0.652. The molecule has 0 heterocycles. The Bertz CT molecular complexity index is 298. The molecule has 0 amide bonds. The van der Waals surface area contributed by atoms with E-state index in [-0.39, 0.29) is 0 Å². The van der Waals surface area contributed by atoms with Gasteiger partial charge < -0.3 is 4.74 Å². The van der Waals surface area contributed by atoms with Crippen molar-refractivity contribution in [3.8, 4) is 0 Å². The maximum absolute atomic E-state index is 5.51. The van der Waals surface area contributed by atoms with Gasteiger partial charge in [-0.05, 0) is 6.08 Å². The van der Waals surface area contributed by atoms with Crippen LogP contribution >= 0.6 is 0 Å². The summed E-state index contributed by atoms with van der Waals surface area (Å²) in [5, 5.41) is 0. The zero-order valence-electron chi connectivity index (χ0n) is 10.4. The number of methoxy groups -OCH3 is 1. The summed E-state index contributed by atoms with van der Waals surface area (Å²) < 4.78 is 5.51. The summed E-state index contributed by atoms with van der Waals surface area (Å²) in [5.41, 5.74) is 1.25. The van der Waals surface area contributed by atoms with E-state index in [1.165, 1.54) is 0 Å². The predicted molar refractivity (Wildman–Crippen MR) is 69.7 cm³/mol. The topological polar surface area (TPSA) is 9.23 Å². The van der Waals surface area contributed by atoms with Crippen molar-refractivity contribution in [2.45, 2.75) is 38.0 Å². The molecule has 0 saturated heterocycles. The van der Waals surface area contributed by atoms with Crippen molar-refractivity contribution in [2.24, 2.45) is 0 Å². The highest BCUT2D eigenvalue weighted by molar-refractivity contribution is 6.81. The number of allylic oxidation sites excluding steroid dienone is 5. The maximum Gasteiger partial charge on any atom is 0.0996 e. The number of hydrogen-bond donors (Lipinski definition) is 0. The molecule has 2 heteroatoms. The Balaban J connectivity index is 3.02. The number of hydrogen-bond acceptors (Lipinski definition) is 1. The Morgan fingerprint density at radius 3 is 2.40 bits per heavy atom. The van der Waals surface area contributed by atoms with Gasteiger partial charge in [-0.3, -0.25) is 0 Å². The monoisotopic (exact) mass is 222 g/mol. The Morgan fingerprint density at radius 2 is 1.87 bits per heavy atom. The van der Waals surface area contributed by atoms with E-state index in [2.05, 4.69) is 57.3 Å². The Hall–Kier alpha value is -0.763. The molecule has 0 radical (unpaired) electrons. The lowest BCUT2D eigenvalue weighted by Crippen LogP contribution is -2.36. The summed E-state index contributed by atoms with van der Waals surface area (Å²) in [6.07, 6.45) is 10.7. The van der Waals surface area contributed by atoms with Crippen molar-refractivity contribution in [1.82, 2.24) is 0 Å². The third-order valence-corrected chi connectivity index (χ3v) is 8.67. The fourth-order valence-electron chi connectivity index (χ4n) is 1.76. The van der Waals surface area contributed by atoms with Crippen LogP contribution in [0.2, 0.25) is 24.2 Å². The molecule has 1 aliphatic carbocycles. The van der Waals surface area contributed by atoms with Crippen molar-refractivity contribution in [1.29, 1.82) is 0 Å². The van der Waals surface area contributed by atoms with Gasteiger partial charge in [0.2, 0.25) is 0 Å². The van der Waals surface area contributed by atoms with E-state index in [1.54, 1.807) is 7.11 Å². The van der Waals surface area contributed by atoms with E-state index >= 15 is 0 Å². The zero-order chi connectivity index (χ0) is 11.5. The second-order valence-electron chi connectivity index (χ2n) is 5.00. The van der Waals surface area contributed by atoms with E-state index in [0.29, 0.717) is 5.54 Å². The molecule has 15 heavy (non-hydrogen) atoms. The van der Waals surface area contributed by atoms with Gasteiger partial charge in [0, 0.05) is 5.54 Å². The minimum absolute atomic E-state index is 0.498. The first kappa shape index (κ1) is 12.3. The molecule has 1 atom stereocenters. The summed E-state index contributed by atoms with van der Waals surface area (Å²) >= 11 is 0. The molecule has 1 unspecified atom stereocenters. The van der Waals surface area contributed by atoms with Crippen LogP contribution < -0.4 is 0 Å². The van der Waals surface area contributed by atoms with Gasteiger partial charge in [0.15, 0.2) is 0 Å². The third-order valence-electron chi connectivity index (χ3n) is 3.62. The zero-order valence-corrected chi connectivity index (χ0v) is 11.4. The summed E-state index contributed by atoms with van der Waals surface area (Å²) in [6, 6.07) is 0. The largest absolute Gasteiger partial charge is 0.501 e.